The molecule has 4 aromatic rings. The first-order chi connectivity index (χ1) is 17.4. The molecule has 5 rings (SSSR count). The maximum Gasteiger partial charge on any atom is 0.266 e. The summed E-state index contributed by atoms with van der Waals surface area (Å²) < 4.78 is 6.71. The Kier molecular flexibility index (Phi) is 7.33. The number of rotatable bonds is 6. The van der Waals surface area contributed by atoms with Crippen LogP contribution >= 0.6 is 22.9 Å². The van der Waals surface area contributed by atoms with Crippen LogP contribution in [-0.2, 0) is 6.54 Å². The lowest BCUT2D eigenvalue weighted by Crippen LogP contribution is -2.43. The molecule has 1 aromatic heterocycles. The fourth-order valence-electron chi connectivity index (χ4n) is 5.15. The Hall–Kier alpha value is -2.86. The number of thiophene rings is 1. The number of fused-ring (bicyclic) bond motifs is 1. The highest BCUT2D eigenvalue weighted by molar-refractivity contribution is 7.21. The number of ether oxygens (including phenoxy) is 1. The van der Waals surface area contributed by atoms with E-state index in [1.54, 1.807) is 7.11 Å². The lowest BCUT2D eigenvalue weighted by Gasteiger charge is -2.36. The van der Waals surface area contributed by atoms with E-state index < -0.39 is 0 Å². The lowest BCUT2D eigenvalue weighted by atomic mass is 9.90. The summed E-state index contributed by atoms with van der Waals surface area (Å²) in [6.45, 7) is 2.59. The number of halogens is 1. The zero-order valence-electron chi connectivity index (χ0n) is 20.7. The predicted octanol–water partition coefficient (Wildman–Crippen LogP) is 7.45. The Morgan fingerprint density at radius 3 is 2.56 bits per heavy atom. The van der Waals surface area contributed by atoms with Crippen LogP contribution in [0.25, 0.3) is 21.2 Å². The number of amides is 1. The molecule has 2 N–H and O–H groups in total. The zero-order valence-corrected chi connectivity index (χ0v) is 22.2. The van der Waals surface area contributed by atoms with E-state index in [4.69, 9.17) is 22.1 Å². The van der Waals surface area contributed by atoms with Gasteiger partial charge in [-0.25, -0.2) is 0 Å². The first-order valence-electron chi connectivity index (χ1n) is 12.4. The van der Waals surface area contributed by atoms with E-state index in [1.165, 1.54) is 16.9 Å². The Bertz CT molecular complexity index is 1390. The molecule has 6 heteroatoms. The number of benzene rings is 3. The summed E-state index contributed by atoms with van der Waals surface area (Å²) in [6, 6.07) is 22.9. The predicted molar refractivity (Wildman–Crippen MR) is 150 cm³/mol. The maximum absolute atomic E-state index is 14.0. The van der Waals surface area contributed by atoms with Gasteiger partial charge in [0.15, 0.2) is 0 Å². The summed E-state index contributed by atoms with van der Waals surface area (Å²) in [4.78, 5) is 16.7. The average Bonchev–Trinajstić information content (AvgIpc) is 3.24. The molecule has 0 saturated heterocycles. The van der Waals surface area contributed by atoms with Crippen molar-refractivity contribution in [2.24, 2.45) is 5.73 Å². The zero-order chi connectivity index (χ0) is 25.2. The monoisotopic (exact) mass is 518 g/mol. The van der Waals surface area contributed by atoms with Gasteiger partial charge in [-0.05, 0) is 61.9 Å². The summed E-state index contributed by atoms with van der Waals surface area (Å²) in [7, 11) is 1.69. The number of nitrogens with two attached hydrogens (primary N) is 1. The van der Waals surface area contributed by atoms with Crippen molar-refractivity contribution < 1.29 is 9.53 Å². The second-order valence-electron chi connectivity index (χ2n) is 9.65. The van der Waals surface area contributed by atoms with Gasteiger partial charge in [-0.2, -0.15) is 0 Å². The molecule has 0 aliphatic heterocycles. The number of aryl methyl sites for hydroxylation is 1. The van der Waals surface area contributed by atoms with E-state index in [1.807, 2.05) is 35.2 Å². The first kappa shape index (κ1) is 24.8. The normalized spacial score (nSPS) is 17.8. The Labute approximate surface area is 221 Å². The molecule has 36 heavy (non-hydrogen) atoms. The molecule has 4 nitrogen and oxygen atoms in total. The minimum absolute atomic E-state index is 0.00500. The summed E-state index contributed by atoms with van der Waals surface area (Å²) in [5.74, 6) is 0.813. The highest BCUT2D eigenvalue weighted by Gasteiger charge is 2.31. The molecule has 0 radical (unpaired) electrons. The number of carbonyl (C=O) groups excluding carboxylic acids is 1. The van der Waals surface area contributed by atoms with Gasteiger partial charge in [0.05, 0.1) is 12.1 Å². The first-order valence-corrected chi connectivity index (χ1v) is 13.6. The fraction of sp³-hybridized carbons (Fsp3) is 0.300. The molecule has 0 spiro atoms. The molecule has 1 saturated carbocycles. The molecule has 0 unspecified atom stereocenters. The van der Waals surface area contributed by atoms with Gasteiger partial charge < -0.3 is 15.4 Å². The molecule has 0 bridgehead atoms. The largest absolute Gasteiger partial charge is 0.496 e. The Morgan fingerprint density at radius 1 is 1.06 bits per heavy atom. The Balaban J connectivity index is 1.52. The standard InChI is InChI=1S/C30H31ClN2O2S/c1-19-6-5-7-21(16-19)25-17-20(10-15-26(25)35-2)18-33(23-13-11-22(32)12-14-23)30(34)29-28(31)24-8-3-4-9-27(24)36-29/h3-10,15-17,22-23H,11-14,18,32H2,1-2H3. The van der Waals surface area contributed by atoms with Gasteiger partial charge in [0.2, 0.25) is 0 Å². The van der Waals surface area contributed by atoms with Crippen molar-refractivity contribution >= 4 is 38.9 Å². The topological polar surface area (TPSA) is 55.6 Å². The van der Waals surface area contributed by atoms with Gasteiger partial charge in [0.1, 0.15) is 10.6 Å². The molecule has 3 aromatic carbocycles. The van der Waals surface area contributed by atoms with Gasteiger partial charge in [0.25, 0.3) is 5.91 Å². The number of hydrogen-bond acceptors (Lipinski definition) is 4. The van der Waals surface area contributed by atoms with Gasteiger partial charge in [-0.3, -0.25) is 4.79 Å². The molecule has 186 valence electrons. The van der Waals surface area contributed by atoms with Gasteiger partial charge in [0, 0.05) is 34.3 Å². The van der Waals surface area contributed by atoms with Crippen molar-refractivity contribution in [2.75, 3.05) is 7.11 Å². The van der Waals surface area contributed by atoms with Crippen molar-refractivity contribution in [2.45, 2.75) is 51.2 Å². The minimum Gasteiger partial charge on any atom is -0.496 e. The van der Waals surface area contributed by atoms with Gasteiger partial charge in [-0.15, -0.1) is 11.3 Å². The molecule has 0 atom stereocenters. The summed E-state index contributed by atoms with van der Waals surface area (Å²) in [6.07, 6.45) is 3.64. The third kappa shape index (κ3) is 5.01. The third-order valence-corrected chi connectivity index (χ3v) is 8.78. The molecule has 1 aliphatic rings. The highest BCUT2D eigenvalue weighted by atomic mass is 35.5. The quantitative estimate of drug-likeness (QED) is 0.288. The van der Waals surface area contributed by atoms with Crippen LogP contribution < -0.4 is 10.5 Å². The number of carbonyl (C=O) groups is 1. The smallest absolute Gasteiger partial charge is 0.266 e. The van der Waals surface area contributed by atoms with Crippen LogP contribution in [0.1, 0.15) is 46.5 Å². The van der Waals surface area contributed by atoms with Gasteiger partial charge >= 0.3 is 0 Å². The van der Waals surface area contributed by atoms with Crippen LogP contribution in [0.2, 0.25) is 5.02 Å². The summed E-state index contributed by atoms with van der Waals surface area (Å²) in [5.41, 5.74) is 10.6. The molecule has 1 amide bonds. The van der Waals surface area contributed by atoms with E-state index in [2.05, 4.69) is 43.3 Å². The van der Waals surface area contributed by atoms with E-state index in [9.17, 15) is 4.79 Å². The lowest BCUT2D eigenvalue weighted by molar-refractivity contribution is 0.0611. The summed E-state index contributed by atoms with van der Waals surface area (Å²) >= 11 is 8.22. The van der Waals surface area contributed by atoms with Crippen LogP contribution in [0.3, 0.4) is 0 Å². The minimum atomic E-state index is -0.00500. The Morgan fingerprint density at radius 2 is 1.83 bits per heavy atom. The van der Waals surface area contributed by atoms with Crippen molar-refractivity contribution in [3.8, 4) is 16.9 Å². The molecular weight excluding hydrogens is 488 g/mol. The second kappa shape index (κ2) is 10.6. The number of hydrogen-bond donors (Lipinski definition) is 1. The molecular formula is C30H31ClN2O2S. The van der Waals surface area contributed by atoms with Crippen LogP contribution in [0.4, 0.5) is 0 Å². The second-order valence-corrected chi connectivity index (χ2v) is 11.1. The van der Waals surface area contributed by atoms with Gasteiger partial charge in [-0.1, -0.05) is 65.7 Å². The molecule has 1 fully saturated rings. The maximum atomic E-state index is 14.0. The van der Waals surface area contributed by atoms with Crippen molar-refractivity contribution in [1.82, 2.24) is 4.90 Å². The number of methoxy groups -OCH3 is 1. The number of nitrogens with zero attached hydrogens (tertiary/aromatic N) is 1. The fourth-order valence-corrected chi connectivity index (χ4v) is 6.62. The van der Waals surface area contributed by atoms with Crippen LogP contribution in [0, 0.1) is 6.92 Å². The SMILES string of the molecule is COc1ccc(CN(C(=O)c2sc3ccccc3c2Cl)C2CCC(N)CC2)cc1-c1cccc(C)c1. The molecule has 1 aliphatic carbocycles. The van der Waals surface area contributed by atoms with Crippen LogP contribution in [0.5, 0.6) is 5.75 Å². The van der Waals surface area contributed by atoms with E-state index in [-0.39, 0.29) is 18.0 Å². The average molecular weight is 519 g/mol. The molecule has 1 heterocycles. The summed E-state index contributed by atoms with van der Waals surface area (Å²) in [5, 5.41) is 1.48. The van der Waals surface area contributed by atoms with E-state index >= 15 is 0 Å². The third-order valence-electron chi connectivity index (χ3n) is 7.12. The van der Waals surface area contributed by atoms with E-state index in [0.29, 0.717) is 16.4 Å². The van der Waals surface area contributed by atoms with Crippen LogP contribution in [-0.4, -0.2) is 30.0 Å². The van der Waals surface area contributed by atoms with E-state index in [0.717, 1.165) is 58.2 Å². The van der Waals surface area contributed by atoms with Crippen molar-refractivity contribution in [3.05, 3.63) is 87.8 Å². The van der Waals surface area contributed by atoms with Crippen molar-refractivity contribution in [1.29, 1.82) is 0 Å². The highest BCUT2D eigenvalue weighted by Crippen LogP contribution is 2.38. The van der Waals surface area contributed by atoms with Crippen molar-refractivity contribution in [3.63, 3.8) is 0 Å². The van der Waals surface area contributed by atoms with Crippen LogP contribution in [0.15, 0.2) is 66.7 Å².